The van der Waals surface area contributed by atoms with E-state index in [0.717, 1.165) is 44.9 Å². The molecule has 0 aromatic heterocycles. The quantitative estimate of drug-likeness (QED) is 0.529. The molecule has 2 bridgehead atoms. The smallest absolute Gasteiger partial charge is 0.251 e. The Morgan fingerprint density at radius 2 is 1.71 bits per heavy atom. The zero-order valence-corrected chi connectivity index (χ0v) is 19.2. The van der Waals surface area contributed by atoms with E-state index < -0.39 is 15.4 Å². The van der Waals surface area contributed by atoms with Crippen LogP contribution in [0.1, 0.15) is 44.9 Å². The Kier molecular flexibility index (Phi) is 6.90. The van der Waals surface area contributed by atoms with Gasteiger partial charge in [0, 0.05) is 51.9 Å². The third-order valence-corrected chi connectivity index (χ3v) is 9.33. The first-order valence-corrected chi connectivity index (χ1v) is 13.5. The number of hydrogen-bond donors (Lipinski definition) is 1. The molecule has 0 radical (unpaired) electrons. The van der Waals surface area contributed by atoms with Gasteiger partial charge in [0.2, 0.25) is 5.91 Å². The second kappa shape index (κ2) is 9.33. The third-order valence-electron chi connectivity index (χ3n) is 7.72. The van der Waals surface area contributed by atoms with Gasteiger partial charge >= 0.3 is 0 Å². The molecule has 4 heterocycles. The molecule has 2 amide bonds. The summed E-state index contributed by atoms with van der Waals surface area (Å²) in [5.41, 5.74) is 5.09. The summed E-state index contributed by atoms with van der Waals surface area (Å²) in [6, 6.07) is 0.283. The molecule has 4 rings (SSSR count). The first-order valence-electron chi connectivity index (χ1n) is 11.7. The van der Waals surface area contributed by atoms with Crippen LogP contribution >= 0.6 is 0 Å². The van der Waals surface area contributed by atoms with Gasteiger partial charge in [0.25, 0.3) is 5.91 Å². The highest BCUT2D eigenvalue weighted by Gasteiger charge is 2.52. The number of carbonyl (C=O) groups excluding carboxylic acids is 2. The predicted octanol–water partition coefficient (Wildman–Crippen LogP) is -0.403. The minimum Gasteiger partial charge on any atom is -0.368 e. The molecule has 1 unspecified atom stereocenters. The highest BCUT2D eigenvalue weighted by molar-refractivity contribution is 7.91. The monoisotopic (exact) mass is 456 g/mol. The predicted molar refractivity (Wildman–Crippen MR) is 116 cm³/mol. The number of nitrogens with two attached hydrogens (primary N) is 1. The van der Waals surface area contributed by atoms with E-state index in [4.69, 9.17) is 10.5 Å². The Hall–Kier alpha value is -1.23. The molecule has 3 atom stereocenters. The van der Waals surface area contributed by atoms with E-state index in [-0.39, 0.29) is 35.5 Å². The molecular formula is C21H36N4O5S. The molecule has 31 heavy (non-hydrogen) atoms. The zero-order chi connectivity index (χ0) is 22.1. The molecular weight excluding hydrogens is 420 g/mol. The maximum absolute atomic E-state index is 12.7. The van der Waals surface area contributed by atoms with Gasteiger partial charge in [-0.2, -0.15) is 0 Å². The fourth-order valence-electron chi connectivity index (χ4n) is 5.81. The number of fused-ring (bicyclic) bond motifs is 2. The first kappa shape index (κ1) is 22.9. The van der Waals surface area contributed by atoms with Gasteiger partial charge in [0.05, 0.1) is 11.5 Å². The molecule has 2 N–H and O–H groups in total. The van der Waals surface area contributed by atoms with Gasteiger partial charge in [0.15, 0.2) is 9.84 Å². The normalized spacial score (nSPS) is 32.5. The topological polar surface area (TPSA) is 113 Å². The Morgan fingerprint density at radius 3 is 2.39 bits per heavy atom. The number of hydrogen-bond acceptors (Lipinski definition) is 7. The van der Waals surface area contributed by atoms with E-state index in [1.165, 1.54) is 0 Å². The molecule has 0 aromatic rings. The van der Waals surface area contributed by atoms with Gasteiger partial charge < -0.3 is 15.4 Å². The van der Waals surface area contributed by atoms with Crippen LogP contribution in [-0.2, 0) is 24.2 Å². The summed E-state index contributed by atoms with van der Waals surface area (Å²) in [5, 5.41) is 0. The van der Waals surface area contributed by atoms with Crippen molar-refractivity contribution in [1.82, 2.24) is 14.7 Å². The van der Waals surface area contributed by atoms with Gasteiger partial charge in [-0.1, -0.05) is 0 Å². The summed E-state index contributed by atoms with van der Waals surface area (Å²) < 4.78 is 30.9. The molecule has 0 aliphatic carbocycles. The van der Waals surface area contributed by atoms with Gasteiger partial charge in [0.1, 0.15) is 11.6 Å². The molecule has 176 valence electrons. The van der Waals surface area contributed by atoms with Crippen molar-refractivity contribution >= 4 is 21.7 Å². The van der Waals surface area contributed by atoms with Crippen LogP contribution in [0.3, 0.4) is 0 Å². The minimum absolute atomic E-state index is 0.0655. The maximum Gasteiger partial charge on any atom is 0.251 e. The molecule has 0 spiro atoms. The lowest BCUT2D eigenvalue weighted by Gasteiger charge is -2.42. The van der Waals surface area contributed by atoms with Crippen LogP contribution in [0.2, 0.25) is 0 Å². The molecule has 4 saturated heterocycles. The fourth-order valence-corrected chi connectivity index (χ4v) is 7.03. The number of ether oxygens (including phenoxy) is 1. The van der Waals surface area contributed by atoms with Crippen molar-refractivity contribution < 1.29 is 22.7 Å². The van der Waals surface area contributed by atoms with Crippen molar-refractivity contribution in [3.8, 4) is 0 Å². The summed E-state index contributed by atoms with van der Waals surface area (Å²) in [7, 11) is -3.23. The summed E-state index contributed by atoms with van der Waals surface area (Å²) in [5.74, 6) is -0.0584. The molecule has 10 heteroatoms. The Bertz CT molecular complexity index is 773. The number of carbonyl (C=O) groups is 2. The number of amides is 2. The van der Waals surface area contributed by atoms with Crippen molar-refractivity contribution in [1.29, 1.82) is 0 Å². The molecule has 9 nitrogen and oxygen atoms in total. The molecule has 0 saturated carbocycles. The van der Waals surface area contributed by atoms with E-state index in [1.807, 2.05) is 4.90 Å². The van der Waals surface area contributed by atoms with E-state index in [1.54, 1.807) is 0 Å². The Labute approximate surface area is 185 Å². The van der Waals surface area contributed by atoms with Crippen LogP contribution in [0.25, 0.3) is 0 Å². The standard InChI is InChI=1S/C21H36N4O5S/c22-20(27)21-6-1-3-17(5-7-21)25(21)13-16-31(28,29)15-12-23-8-10-24(11-9-23)19(26)18-4-2-14-30-18/h17-18H,1-16H2,(H2,22,27)/t17-,18?,21+/m1/s1. The van der Waals surface area contributed by atoms with Crippen LogP contribution in [0.4, 0.5) is 0 Å². The summed E-state index contributed by atoms with van der Waals surface area (Å²) in [4.78, 5) is 30.6. The molecule has 4 aliphatic heterocycles. The van der Waals surface area contributed by atoms with Crippen LogP contribution in [0.5, 0.6) is 0 Å². The minimum atomic E-state index is -3.23. The Balaban J connectivity index is 1.22. The van der Waals surface area contributed by atoms with Crippen molar-refractivity contribution in [2.45, 2.75) is 62.6 Å². The number of piperidine rings is 1. The average molecular weight is 457 g/mol. The SMILES string of the molecule is NC(=O)[C@]12CCC[C@H](CC1)N2CCS(=O)(=O)CCN1CCN(C(=O)C2CCCO2)CC1. The Morgan fingerprint density at radius 1 is 0.968 bits per heavy atom. The highest BCUT2D eigenvalue weighted by Crippen LogP contribution is 2.43. The summed E-state index contributed by atoms with van der Waals surface area (Å²) in [6.45, 7) is 4.14. The van der Waals surface area contributed by atoms with Gasteiger partial charge in [-0.25, -0.2) is 8.42 Å². The maximum atomic E-state index is 12.7. The lowest BCUT2D eigenvalue weighted by Crippen LogP contribution is -2.59. The van der Waals surface area contributed by atoms with E-state index in [2.05, 4.69) is 9.80 Å². The van der Waals surface area contributed by atoms with Gasteiger partial charge in [-0.15, -0.1) is 0 Å². The van der Waals surface area contributed by atoms with Crippen molar-refractivity contribution in [2.24, 2.45) is 5.73 Å². The van der Waals surface area contributed by atoms with Crippen molar-refractivity contribution in [2.75, 3.05) is 57.4 Å². The van der Waals surface area contributed by atoms with Crippen molar-refractivity contribution in [3.05, 3.63) is 0 Å². The first-order chi connectivity index (χ1) is 14.8. The zero-order valence-electron chi connectivity index (χ0n) is 18.3. The van der Waals surface area contributed by atoms with Crippen LogP contribution in [0, 0.1) is 0 Å². The van der Waals surface area contributed by atoms with Gasteiger partial charge in [-0.3, -0.25) is 19.4 Å². The van der Waals surface area contributed by atoms with E-state index >= 15 is 0 Å². The third kappa shape index (κ3) is 4.91. The molecule has 4 aliphatic rings. The van der Waals surface area contributed by atoms with E-state index in [9.17, 15) is 18.0 Å². The van der Waals surface area contributed by atoms with Crippen molar-refractivity contribution in [3.63, 3.8) is 0 Å². The molecule has 4 fully saturated rings. The van der Waals surface area contributed by atoms with Crippen LogP contribution in [0.15, 0.2) is 0 Å². The summed E-state index contributed by atoms with van der Waals surface area (Å²) in [6.07, 6.45) is 5.87. The largest absolute Gasteiger partial charge is 0.368 e. The lowest BCUT2D eigenvalue weighted by atomic mass is 9.87. The number of primary amides is 1. The average Bonchev–Trinajstić information content (AvgIpc) is 3.36. The number of rotatable bonds is 8. The highest BCUT2D eigenvalue weighted by atomic mass is 32.2. The second-order valence-electron chi connectivity index (χ2n) is 9.49. The fraction of sp³-hybridized carbons (Fsp3) is 0.905. The van der Waals surface area contributed by atoms with Crippen LogP contribution in [-0.4, -0.2) is 110 Å². The molecule has 0 aromatic carbocycles. The number of nitrogens with zero attached hydrogens (tertiary/aromatic N) is 3. The number of sulfone groups is 1. The van der Waals surface area contributed by atoms with Crippen LogP contribution < -0.4 is 5.73 Å². The van der Waals surface area contributed by atoms with Gasteiger partial charge in [-0.05, 0) is 44.9 Å². The lowest BCUT2D eigenvalue weighted by molar-refractivity contribution is -0.142. The second-order valence-corrected chi connectivity index (χ2v) is 11.8. The number of piperazine rings is 1. The van der Waals surface area contributed by atoms with E-state index in [0.29, 0.717) is 45.9 Å². The summed E-state index contributed by atoms with van der Waals surface area (Å²) >= 11 is 0.